The highest BCUT2D eigenvalue weighted by Crippen LogP contribution is 2.35. The Morgan fingerprint density at radius 2 is 0.900 bits per heavy atom. The van der Waals surface area contributed by atoms with E-state index in [0.29, 0.717) is 16.7 Å². The first-order chi connectivity index (χ1) is 24.7. The van der Waals surface area contributed by atoms with Crippen molar-refractivity contribution in [3.63, 3.8) is 0 Å². The maximum Gasteiger partial charge on any atom is 0.180 e. The molecule has 0 saturated carbocycles. The third-order valence-corrected chi connectivity index (χ3v) is 14.5. The summed E-state index contributed by atoms with van der Waals surface area (Å²) in [4.78, 5) is 0. The van der Waals surface area contributed by atoms with Crippen LogP contribution in [0.25, 0.3) is 38.6 Å². The molecule has 50 heavy (non-hydrogen) atoms. The van der Waals surface area contributed by atoms with Crippen molar-refractivity contribution in [1.82, 2.24) is 4.57 Å². The van der Waals surface area contributed by atoms with E-state index in [2.05, 4.69) is 150 Å². The Bertz CT molecular complexity index is 2510. The topological polar surface area (TPSA) is 76.3 Å². The molecule has 4 nitrogen and oxygen atoms in total. The molecule has 8 rings (SSSR count). The predicted molar refractivity (Wildman–Crippen MR) is 204 cm³/mol. The lowest BCUT2D eigenvalue weighted by Gasteiger charge is -2.36. The van der Waals surface area contributed by atoms with Gasteiger partial charge in [-0.2, -0.15) is 15.8 Å². The molecule has 5 heteroatoms. The maximum absolute atomic E-state index is 10.8. The number of nitrogens with zero attached hydrogens (tertiary/aromatic N) is 4. The van der Waals surface area contributed by atoms with Crippen molar-refractivity contribution in [1.29, 1.82) is 15.8 Å². The van der Waals surface area contributed by atoms with Gasteiger partial charge in [-0.05, 0) is 80.4 Å². The maximum atomic E-state index is 10.8. The summed E-state index contributed by atoms with van der Waals surface area (Å²) in [6.45, 7) is 0. The molecule has 0 aliphatic carbocycles. The molecule has 1 aromatic heterocycles. The van der Waals surface area contributed by atoms with Crippen LogP contribution in [0.3, 0.4) is 0 Å². The summed E-state index contributed by atoms with van der Waals surface area (Å²) in [5, 5.41) is 36.9. The summed E-state index contributed by atoms with van der Waals surface area (Å²) in [5.41, 5.74) is 6.17. The fourth-order valence-electron chi connectivity index (χ4n) is 7.52. The van der Waals surface area contributed by atoms with E-state index in [-0.39, 0.29) is 0 Å². The second kappa shape index (κ2) is 12.6. The summed E-state index contributed by atoms with van der Waals surface area (Å²) in [5.74, 6) is 0. The molecule has 1 heterocycles. The minimum Gasteiger partial charge on any atom is -0.309 e. The van der Waals surface area contributed by atoms with E-state index < -0.39 is 8.07 Å². The zero-order valence-electron chi connectivity index (χ0n) is 27.0. The van der Waals surface area contributed by atoms with Gasteiger partial charge in [0.2, 0.25) is 0 Å². The SMILES string of the molecule is N#Cc1ccc2c(c1)c1cc(C#N)ccc1n2-c1ccc(-c2ccccc2[Si](c2ccccc2)(c2ccccc2)c2ccccc2)c(C#N)c1. The van der Waals surface area contributed by atoms with E-state index in [1.165, 1.54) is 20.7 Å². The number of hydrogen-bond donors (Lipinski definition) is 0. The fourth-order valence-corrected chi connectivity index (χ4v) is 12.5. The van der Waals surface area contributed by atoms with E-state index in [9.17, 15) is 15.8 Å². The van der Waals surface area contributed by atoms with Crippen LogP contribution in [0.2, 0.25) is 0 Å². The Kier molecular flexibility index (Phi) is 7.63. The Morgan fingerprint density at radius 1 is 0.420 bits per heavy atom. The first kappa shape index (κ1) is 30.4. The van der Waals surface area contributed by atoms with E-state index in [4.69, 9.17) is 0 Å². The van der Waals surface area contributed by atoms with Crippen molar-refractivity contribution in [2.24, 2.45) is 0 Å². The lowest BCUT2D eigenvalue weighted by Crippen LogP contribution is -2.75. The Morgan fingerprint density at radius 3 is 1.38 bits per heavy atom. The molecule has 0 N–H and O–H groups in total. The lowest BCUT2D eigenvalue weighted by molar-refractivity contribution is 1.18. The van der Waals surface area contributed by atoms with Crippen molar-refractivity contribution in [2.45, 2.75) is 0 Å². The first-order valence-electron chi connectivity index (χ1n) is 16.4. The zero-order chi connectivity index (χ0) is 34.1. The molecule has 0 spiro atoms. The van der Waals surface area contributed by atoms with Gasteiger partial charge < -0.3 is 4.57 Å². The quantitative estimate of drug-likeness (QED) is 0.138. The molecule has 0 amide bonds. The monoisotopic (exact) mass is 652 g/mol. The van der Waals surface area contributed by atoms with Gasteiger partial charge in [-0.25, -0.2) is 0 Å². The van der Waals surface area contributed by atoms with Gasteiger partial charge in [0.25, 0.3) is 0 Å². The Balaban J connectivity index is 1.40. The minimum absolute atomic E-state index is 0.548. The van der Waals surface area contributed by atoms with Crippen LogP contribution >= 0.6 is 0 Å². The summed E-state index contributed by atoms with van der Waals surface area (Å²) >= 11 is 0. The van der Waals surface area contributed by atoms with Crippen molar-refractivity contribution >= 4 is 50.6 Å². The molecule has 0 aliphatic heterocycles. The standard InChI is InChI=1S/C45H28N4Si/c46-29-32-20-24-43-41(26-32)42-27-33(30-47)21-25-44(42)49(43)35-22-23-39(34(28-35)31-48)40-18-10-11-19-45(40)50(36-12-4-1-5-13-36,37-14-6-2-7-15-37)38-16-8-3-9-17-38/h1-28H. The highest BCUT2D eigenvalue weighted by Gasteiger charge is 2.43. The summed E-state index contributed by atoms with van der Waals surface area (Å²) in [6, 6.07) is 65.3. The van der Waals surface area contributed by atoms with Crippen LogP contribution in [0.15, 0.2) is 170 Å². The van der Waals surface area contributed by atoms with Gasteiger partial charge in [-0.15, -0.1) is 0 Å². The van der Waals surface area contributed by atoms with Gasteiger partial charge in [0.05, 0.1) is 45.9 Å². The molecular weight excluding hydrogens is 625 g/mol. The number of hydrogen-bond acceptors (Lipinski definition) is 3. The first-order valence-corrected chi connectivity index (χ1v) is 18.4. The summed E-state index contributed by atoms with van der Waals surface area (Å²) in [7, 11) is -2.89. The van der Waals surface area contributed by atoms with Gasteiger partial charge in [-0.3, -0.25) is 0 Å². The average molecular weight is 653 g/mol. The predicted octanol–water partition coefficient (Wildman–Crippen LogP) is 7.44. The van der Waals surface area contributed by atoms with Gasteiger partial charge in [0.1, 0.15) is 0 Å². The molecule has 0 unspecified atom stereocenters. The summed E-state index contributed by atoms with van der Waals surface area (Å²) in [6.07, 6.45) is 0. The van der Waals surface area contributed by atoms with E-state index in [1.54, 1.807) is 12.1 Å². The van der Waals surface area contributed by atoms with E-state index >= 15 is 0 Å². The zero-order valence-corrected chi connectivity index (χ0v) is 28.0. The van der Waals surface area contributed by atoms with Gasteiger partial charge in [0, 0.05) is 16.5 Å². The van der Waals surface area contributed by atoms with Gasteiger partial charge in [-0.1, -0.05) is 121 Å². The number of rotatable bonds is 6. The fraction of sp³-hybridized carbons (Fsp3) is 0. The molecule has 0 aliphatic rings. The van der Waals surface area contributed by atoms with Crippen LogP contribution in [0.5, 0.6) is 0 Å². The molecular formula is C45H28N4Si. The highest BCUT2D eigenvalue weighted by molar-refractivity contribution is 7.20. The van der Waals surface area contributed by atoms with E-state index in [0.717, 1.165) is 38.6 Å². The van der Waals surface area contributed by atoms with Crippen molar-refractivity contribution in [3.05, 3.63) is 187 Å². The van der Waals surface area contributed by atoms with Crippen LogP contribution in [0, 0.1) is 34.0 Å². The number of fused-ring (bicyclic) bond motifs is 3. The average Bonchev–Trinajstić information content (AvgIpc) is 3.52. The molecule has 0 saturated heterocycles. The van der Waals surface area contributed by atoms with Gasteiger partial charge in [0.15, 0.2) is 8.07 Å². The highest BCUT2D eigenvalue weighted by atomic mass is 28.3. The van der Waals surface area contributed by atoms with Crippen LogP contribution in [-0.2, 0) is 0 Å². The number of aromatic nitrogens is 1. The normalized spacial score (nSPS) is 11.1. The lowest BCUT2D eigenvalue weighted by atomic mass is 9.99. The van der Waals surface area contributed by atoms with Crippen molar-refractivity contribution < 1.29 is 0 Å². The third-order valence-electron chi connectivity index (χ3n) is 9.65. The molecule has 0 radical (unpaired) electrons. The molecule has 7 aromatic carbocycles. The largest absolute Gasteiger partial charge is 0.309 e. The smallest absolute Gasteiger partial charge is 0.180 e. The van der Waals surface area contributed by atoms with Crippen molar-refractivity contribution in [3.8, 4) is 35.0 Å². The van der Waals surface area contributed by atoms with Crippen LogP contribution in [-0.4, -0.2) is 12.6 Å². The molecule has 232 valence electrons. The Hall–Kier alpha value is -6.97. The Labute approximate surface area is 291 Å². The van der Waals surface area contributed by atoms with E-state index in [1.807, 2.05) is 30.3 Å². The van der Waals surface area contributed by atoms with Crippen LogP contribution in [0.1, 0.15) is 16.7 Å². The van der Waals surface area contributed by atoms with Gasteiger partial charge >= 0.3 is 0 Å². The molecule has 0 bridgehead atoms. The van der Waals surface area contributed by atoms with Crippen molar-refractivity contribution in [2.75, 3.05) is 0 Å². The second-order valence-corrected chi connectivity index (χ2v) is 16.0. The molecule has 0 atom stereocenters. The number of nitriles is 3. The van der Waals surface area contributed by atoms with Crippen LogP contribution < -0.4 is 20.7 Å². The summed E-state index contributed by atoms with van der Waals surface area (Å²) < 4.78 is 2.11. The molecule has 8 aromatic rings. The molecule has 0 fully saturated rings. The second-order valence-electron chi connectivity index (χ2n) is 12.3. The minimum atomic E-state index is -2.89. The third kappa shape index (κ3) is 4.80. The van der Waals surface area contributed by atoms with Crippen LogP contribution in [0.4, 0.5) is 0 Å². The number of benzene rings is 7.